The second-order valence-corrected chi connectivity index (χ2v) is 11.7. The van der Waals surface area contributed by atoms with Gasteiger partial charge in [0.1, 0.15) is 5.65 Å². The minimum Gasteiger partial charge on any atom is -0.371 e. The van der Waals surface area contributed by atoms with E-state index in [4.69, 9.17) is 5.10 Å². The van der Waals surface area contributed by atoms with Crippen molar-refractivity contribution in [2.45, 2.75) is 39.4 Å². The number of halogens is 4. The molecule has 242 valence electrons. The Bertz CT molecular complexity index is 2170. The minimum absolute atomic E-state index is 0.00965. The van der Waals surface area contributed by atoms with Crippen LogP contribution < -0.4 is 10.9 Å². The predicted octanol–water partition coefficient (Wildman–Crippen LogP) is 7.00. The van der Waals surface area contributed by atoms with Gasteiger partial charge in [-0.15, -0.1) is 0 Å². The highest BCUT2D eigenvalue weighted by atomic mass is 79.9. The molecule has 0 atom stereocenters. The first kappa shape index (κ1) is 32.0. The number of amides is 1. The molecule has 6 aromatic rings. The molecule has 0 saturated carbocycles. The van der Waals surface area contributed by atoms with Gasteiger partial charge in [0.15, 0.2) is 5.82 Å². The second-order valence-electron chi connectivity index (χ2n) is 10.9. The molecule has 0 fully saturated rings. The van der Waals surface area contributed by atoms with Crippen LogP contribution >= 0.6 is 15.9 Å². The summed E-state index contributed by atoms with van der Waals surface area (Å²) in [7, 11) is 1.78. The summed E-state index contributed by atoms with van der Waals surface area (Å²) < 4.78 is 43.9. The maximum absolute atomic E-state index is 14.3. The molecule has 0 unspecified atom stereocenters. The fourth-order valence-corrected chi connectivity index (χ4v) is 6.43. The number of carbonyl (C=O) groups excluding carboxylic acids is 1. The van der Waals surface area contributed by atoms with Gasteiger partial charge >= 0.3 is 6.18 Å². The standard InChI is InChI=1S/C32H25BrF3N7O2.C2H6/c1-37-28-22-9-8-21(15-26(22)39-40-28)42-29-20(13-18-5-3-2-4-6-18)16-38-43(29)27-17-41(12-11-23(27)31(42)45)30(44)19-7-10-25(33)24(14-19)32(34,35)36;1-2/h2-10,14-16H,11-13,17H2,1H3,(H2,37,39,40);1-2H3. The van der Waals surface area contributed by atoms with E-state index in [0.717, 1.165) is 28.1 Å². The second kappa shape index (κ2) is 12.7. The topological polar surface area (TPSA) is 100 Å². The number of carbonyl (C=O) groups is 1. The number of alkyl halides is 3. The van der Waals surface area contributed by atoms with Crippen LogP contribution in [0.3, 0.4) is 0 Å². The monoisotopic (exact) mass is 705 g/mol. The number of H-pyrrole nitrogens is 1. The van der Waals surface area contributed by atoms with Gasteiger partial charge in [-0.1, -0.05) is 60.1 Å². The van der Waals surface area contributed by atoms with Crippen LogP contribution in [0.5, 0.6) is 0 Å². The lowest BCUT2D eigenvalue weighted by Crippen LogP contribution is -2.41. The van der Waals surface area contributed by atoms with E-state index in [1.54, 1.807) is 22.3 Å². The average Bonchev–Trinajstić information content (AvgIpc) is 3.69. The zero-order valence-electron chi connectivity index (χ0n) is 25.8. The number of hydrogen-bond donors (Lipinski definition) is 2. The van der Waals surface area contributed by atoms with Crippen LogP contribution in [0.15, 0.2) is 82.2 Å². The van der Waals surface area contributed by atoms with Crippen molar-refractivity contribution in [3.63, 3.8) is 0 Å². The lowest BCUT2D eigenvalue weighted by molar-refractivity contribution is -0.138. The van der Waals surface area contributed by atoms with Crippen molar-refractivity contribution in [2.75, 3.05) is 18.9 Å². The van der Waals surface area contributed by atoms with E-state index in [1.165, 1.54) is 17.0 Å². The van der Waals surface area contributed by atoms with Crippen LogP contribution in [0.25, 0.3) is 22.2 Å². The van der Waals surface area contributed by atoms with Crippen LogP contribution in [-0.4, -0.2) is 48.8 Å². The molecule has 3 aromatic heterocycles. The number of nitrogens with one attached hydrogen (secondary N) is 2. The van der Waals surface area contributed by atoms with E-state index in [9.17, 15) is 22.8 Å². The summed E-state index contributed by atoms with van der Waals surface area (Å²) in [4.78, 5) is 29.3. The maximum Gasteiger partial charge on any atom is 0.417 e. The summed E-state index contributed by atoms with van der Waals surface area (Å²) in [5, 5.41) is 15.9. The molecule has 1 aliphatic rings. The van der Waals surface area contributed by atoms with Gasteiger partial charge in [0.05, 0.1) is 35.2 Å². The van der Waals surface area contributed by atoms with Gasteiger partial charge in [0, 0.05) is 46.6 Å². The fourth-order valence-electron chi connectivity index (χ4n) is 5.96. The molecule has 4 heterocycles. The van der Waals surface area contributed by atoms with Crippen molar-refractivity contribution in [1.29, 1.82) is 0 Å². The van der Waals surface area contributed by atoms with Crippen LogP contribution in [-0.2, 0) is 25.6 Å². The highest BCUT2D eigenvalue weighted by molar-refractivity contribution is 9.10. The summed E-state index contributed by atoms with van der Waals surface area (Å²) in [6, 6.07) is 18.9. The molecule has 0 radical (unpaired) electrons. The number of benzene rings is 3. The molecule has 1 aliphatic heterocycles. The average molecular weight is 707 g/mol. The minimum atomic E-state index is -4.63. The molecule has 1 amide bonds. The van der Waals surface area contributed by atoms with Gasteiger partial charge in [-0.3, -0.25) is 19.3 Å². The first-order chi connectivity index (χ1) is 22.6. The van der Waals surface area contributed by atoms with Gasteiger partial charge in [0.25, 0.3) is 11.5 Å². The lowest BCUT2D eigenvalue weighted by atomic mass is 10.0. The highest BCUT2D eigenvalue weighted by Gasteiger charge is 2.35. The molecule has 0 spiro atoms. The van der Waals surface area contributed by atoms with Crippen LogP contribution in [0.2, 0.25) is 0 Å². The van der Waals surface area contributed by atoms with E-state index in [1.807, 2.05) is 62.4 Å². The van der Waals surface area contributed by atoms with Crippen molar-refractivity contribution >= 4 is 44.2 Å². The summed E-state index contributed by atoms with van der Waals surface area (Å²) in [6.07, 6.45) is -2.19. The number of rotatable bonds is 5. The Kier molecular flexibility index (Phi) is 8.66. The number of hydrogen-bond acceptors (Lipinski definition) is 5. The summed E-state index contributed by atoms with van der Waals surface area (Å²) >= 11 is 2.94. The Balaban J connectivity index is 0.00000190. The fraction of sp³-hybridized carbons (Fsp3) is 0.235. The largest absolute Gasteiger partial charge is 0.417 e. The summed E-state index contributed by atoms with van der Waals surface area (Å²) in [5.41, 5.74) is 3.51. The van der Waals surface area contributed by atoms with Gasteiger partial charge in [-0.05, 0) is 48.4 Å². The van der Waals surface area contributed by atoms with E-state index in [0.29, 0.717) is 34.8 Å². The zero-order valence-corrected chi connectivity index (χ0v) is 27.4. The van der Waals surface area contributed by atoms with Crippen molar-refractivity contribution in [3.8, 4) is 5.69 Å². The smallest absolute Gasteiger partial charge is 0.371 e. The third-order valence-corrected chi connectivity index (χ3v) is 8.84. The number of nitrogens with zero attached hydrogens (tertiary/aromatic N) is 5. The van der Waals surface area contributed by atoms with Crippen LogP contribution in [0, 0.1) is 0 Å². The number of aromatic amines is 1. The van der Waals surface area contributed by atoms with E-state index < -0.39 is 17.6 Å². The normalized spacial score (nSPS) is 13.0. The Labute approximate surface area is 276 Å². The zero-order chi connectivity index (χ0) is 33.5. The first-order valence-corrected chi connectivity index (χ1v) is 15.9. The highest BCUT2D eigenvalue weighted by Crippen LogP contribution is 2.36. The van der Waals surface area contributed by atoms with E-state index in [-0.39, 0.29) is 35.1 Å². The van der Waals surface area contributed by atoms with Crippen molar-refractivity contribution < 1.29 is 18.0 Å². The van der Waals surface area contributed by atoms with Gasteiger partial charge in [-0.2, -0.15) is 23.4 Å². The SMILES string of the molecule is CC.CNc1n[nH]c2cc(-n3c(=O)c4c(n5ncc(Cc6ccccc6)c35)CN(C(=O)c3ccc(Br)c(C(F)(F)F)c3)CC4)ccc12. The van der Waals surface area contributed by atoms with E-state index >= 15 is 0 Å². The summed E-state index contributed by atoms with van der Waals surface area (Å²) in [6.45, 7) is 4.17. The number of aromatic nitrogens is 5. The molecule has 3 aromatic carbocycles. The van der Waals surface area contributed by atoms with Crippen LogP contribution in [0.4, 0.5) is 19.0 Å². The molecule has 13 heteroatoms. The first-order valence-electron chi connectivity index (χ1n) is 15.1. The molecule has 7 rings (SSSR count). The van der Waals surface area contributed by atoms with Gasteiger partial charge in [-0.25, -0.2) is 4.52 Å². The molecular formula is C34H31BrF3N7O2. The molecule has 47 heavy (non-hydrogen) atoms. The maximum atomic E-state index is 14.3. The quantitative estimate of drug-likeness (QED) is 0.201. The number of fused-ring (bicyclic) bond motifs is 4. The van der Waals surface area contributed by atoms with Crippen molar-refractivity contribution in [1.82, 2.24) is 29.3 Å². The lowest BCUT2D eigenvalue weighted by Gasteiger charge is -2.30. The van der Waals surface area contributed by atoms with Gasteiger partial charge in [0.2, 0.25) is 0 Å². The Morgan fingerprint density at radius 2 is 1.83 bits per heavy atom. The van der Waals surface area contributed by atoms with Crippen molar-refractivity contribution in [3.05, 3.63) is 121 Å². The molecule has 0 aliphatic carbocycles. The molecule has 0 bridgehead atoms. The molecule has 2 N–H and O–H groups in total. The molecular weight excluding hydrogens is 675 g/mol. The molecule has 0 saturated heterocycles. The summed E-state index contributed by atoms with van der Waals surface area (Å²) in [5.74, 6) is 0.129. The predicted molar refractivity (Wildman–Crippen MR) is 178 cm³/mol. The van der Waals surface area contributed by atoms with Crippen LogP contribution in [0.1, 0.15) is 52.2 Å². The third-order valence-electron chi connectivity index (χ3n) is 8.15. The molecule has 9 nitrogen and oxygen atoms in total. The van der Waals surface area contributed by atoms with Gasteiger partial charge < -0.3 is 10.2 Å². The Morgan fingerprint density at radius 3 is 2.55 bits per heavy atom. The number of anilines is 1. The van der Waals surface area contributed by atoms with Crippen molar-refractivity contribution in [2.24, 2.45) is 0 Å². The van der Waals surface area contributed by atoms with E-state index in [2.05, 4.69) is 31.4 Å². The third kappa shape index (κ3) is 5.79. The Hall–Kier alpha value is -4.91. The Morgan fingerprint density at radius 1 is 1.06 bits per heavy atom.